The van der Waals surface area contributed by atoms with E-state index in [1.807, 2.05) is 26.0 Å². The van der Waals surface area contributed by atoms with Crippen molar-refractivity contribution in [1.29, 1.82) is 0 Å². The van der Waals surface area contributed by atoms with Crippen molar-refractivity contribution in [2.75, 3.05) is 10.5 Å². The molecule has 0 saturated carbocycles. The van der Waals surface area contributed by atoms with Gasteiger partial charge in [0.1, 0.15) is 10.7 Å². The molecule has 2 aromatic rings. The third-order valence-corrected chi connectivity index (χ3v) is 5.07. The first-order valence-electron chi connectivity index (χ1n) is 5.91. The molecular formula is C13H13BrClN3O2S. The number of benzene rings is 1. The van der Waals surface area contributed by atoms with Crippen LogP contribution in [0.4, 0.5) is 11.5 Å². The summed E-state index contributed by atoms with van der Waals surface area (Å²) in [4.78, 5) is 3.71. The molecule has 1 aromatic carbocycles. The standard InChI is InChI=1S/C13H13BrClN3O2S/c1-7-3-8(2)12(10(14)4-7)18-21(19,20)9-5-11(15)13(16)17-6-9/h3-6,18H,1-2H3,(H2,16,17). The number of aromatic nitrogens is 1. The monoisotopic (exact) mass is 389 g/mol. The highest BCUT2D eigenvalue weighted by Gasteiger charge is 2.19. The molecular weight excluding hydrogens is 378 g/mol. The molecule has 21 heavy (non-hydrogen) atoms. The maximum Gasteiger partial charge on any atom is 0.263 e. The Kier molecular flexibility index (Phi) is 4.46. The Morgan fingerprint density at radius 2 is 1.95 bits per heavy atom. The van der Waals surface area contributed by atoms with Crippen molar-refractivity contribution < 1.29 is 8.42 Å². The fourth-order valence-electron chi connectivity index (χ4n) is 1.82. The van der Waals surface area contributed by atoms with E-state index in [1.165, 1.54) is 12.3 Å². The van der Waals surface area contributed by atoms with E-state index in [0.29, 0.717) is 10.2 Å². The van der Waals surface area contributed by atoms with Gasteiger partial charge in [-0.15, -0.1) is 0 Å². The second kappa shape index (κ2) is 5.82. The quantitative estimate of drug-likeness (QED) is 0.840. The van der Waals surface area contributed by atoms with Gasteiger partial charge in [0.15, 0.2) is 0 Å². The van der Waals surface area contributed by atoms with E-state index in [0.717, 1.165) is 11.1 Å². The highest BCUT2D eigenvalue weighted by Crippen LogP contribution is 2.30. The van der Waals surface area contributed by atoms with E-state index in [-0.39, 0.29) is 15.7 Å². The lowest BCUT2D eigenvalue weighted by atomic mass is 10.1. The van der Waals surface area contributed by atoms with Crippen LogP contribution in [0, 0.1) is 13.8 Å². The molecule has 0 aliphatic rings. The minimum atomic E-state index is -3.79. The molecule has 3 N–H and O–H groups in total. The first-order chi connectivity index (χ1) is 9.70. The zero-order valence-corrected chi connectivity index (χ0v) is 14.5. The minimum Gasteiger partial charge on any atom is -0.382 e. The SMILES string of the molecule is Cc1cc(C)c(NS(=O)(=O)c2cnc(N)c(Cl)c2)c(Br)c1. The summed E-state index contributed by atoms with van der Waals surface area (Å²) in [5.41, 5.74) is 7.80. The van der Waals surface area contributed by atoms with Gasteiger partial charge in [-0.25, -0.2) is 13.4 Å². The van der Waals surface area contributed by atoms with Crippen LogP contribution in [0.15, 0.2) is 33.8 Å². The first-order valence-corrected chi connectivity index (χ1v) is 8.56. The van der Waals surface area contributed by atoms with Crippen molar-refractivity contribution >= 4 is 49.1 Å². The zero-order valence-electron chi connectivity index (χ0n) is 11.3. The van der Waals surface area contributed by atoms with Crippen molar-refractivity contribution in [3.05, 3.63) is 45.0 Å². The number of nitrogens with one attached hydrogen (secondary N) is 1. The van der Waals surface area contributed by atoms with Crippen LogP contribution in [0.3, 0.4) is 0 Å². The van der Waals surface area contributed by atoms with Crippen LogP contribution in [-0.2, 0) is 10.0 Å². The maximum atomic E-state index is 12.4. The maximum absolute atomic E-state index is 12.4. The number of hydrogen-bond donors (Lipinski definition) is 2. The highest BCUT2D eigenvalue weighted by molar-refractivity contribution is 9.10. The molecule has 0 amide bonds. The number of aryl methyl sites for hydroxylation is 2. The van der Waals surface area contributed by atoms with Gasteiger partial charge < -0.3 is 5.73 Å². The number of nitrogen functional groups attached to an aromatic ring is 1. The lowest BCUT2D eigenvalue weighted by molar-refractivity contribution is 0.601. The van der Waals surface area contributed by atoms with Gasteiger partial charge in [-0.05, 0) is 53.0 Å². The van der Waals surface area contributed by atoms with Crippen molar-refractivity contribution in [2.45, 2.75) is 18.7 Å². The van der Waals surface area contributed by atoms with E-state index < -0.39 is 10.0 Å². The van der Waals surface area contributed by atoms with E-state index in [9.17, 15) is 8.42 Å². The van der Waals surface area contributed by atoms with Gasteiger partial charge in [-0.3, -0.25) is 4.72 Å². The molecule has 0 atom stereocenters. The summed E-state index contributed by atoms with van der Waals surface area (Å²) >= 11 is 9.18. The second-order valence-electron chi connectivity index (χ2n) is 4.58. The lowest BCUT2D eigenvalue weighted by Gasteiger charge is -2.13. The summed E-state index contributed by atoms with van der Waals surface area (Å²) in [5.74, 6) is 0.0864. The Morgan fingerprint density at radius 1 is 1.29 bits per heavy atom. The number of halogens is 2. The van der Waals surface area contributed by atoms with Gasteiger partial charge in [-0.1, -0.05) is 17.7 Å². The Morgan fingerprint density at radius 3 is 2.52 bits per heavy atom. The number of pyridine rings is 1. The average Bonchev–Trinajstić information content (AvgIpc) is 2.37. The van der Waals surface area contributed by atoms with E-state index >= 15 is 0 Å². The van der Waals surface area contributed by atoms with Crippen molar-refractivity contribution in [3.63, 3.8) is 0 Å². The zero-order chi connectivity index (χ0) is 15.8. The molecule has 0 saturated heterocycles. The van der Waals surface area contributed by atoms with Crippen LogP contribution in [-0.4, -0.2) is 13.4 Å². The van der Waals surface area contributed by atoms with Gasteiger partial charge in [0, 0.05) is 10.7 Å². The van der Waals surface area contributed by atoms with Crippen LogP contribution in [0.5, 0.6) is 0 Å². The largest absolute Gasteiger partial charge is 0.382 e. The van der Waals surface area contributed by atoms with E-state index in [2.05, 4.69) is 25.6 Å². The third-order valence-electron chi connectivity index (χ3n) is 2.82. The minimum absolute atomic E-state index is 0.0476. The second-order valence-corrected chi connectivity index (χ2v) is 7.53. The molecule has 112 valence electrons. The van der Waals surface area contributed by atoms with Gasteiger partial charge in [0.2, 0.25) is 0 Å². The molecule has 0 bridgehead atoms. The number of nitrogens with zero attached hydrogens (tertiary/aromatic N) is 1. The molecule has 0 aliphatic carbocycles. The summed E-state index contributed by atoms with van der Waals surface area (Å²) in [6.07, 6.45) is 1.17. The van der Waals surface area contributed by atoms with Crippen molar-refractivity contribution in [1.82, 2.24) is 4.98 Å². The van der Waals surface area contributed by atoms with Crippen LogP contribution in [0.1, 0.15) is 11.1 Å². The van der Waals surface area contributed by atoms with Crippen LogP contribution >= 0.6 is 27.5 Å². The topological polar surface area (TPSA) is 85.1 Å². The number of anilines is 2. The number of nitrogens with two attached hydrogens (primary N) is 1. The van der Waals surface area contributed by atoms with Gasteiger partial charge >= 0.3 is 0 Å². The van der Waals surface area contributed by atoms with Gasteiger partial charge in [0.25, 0.3) is 10.0 Å². The Balaban J connectivity index is 2.44. The normalized spacial score (nSPS) is 11.4. The average molecular weight is 391 g/mol. The molecule has 0 radical (unpaired) electrons. The summed E-state index contributed by atoms with van der Waals surface area (Å²) in [6.45, 7) is 3.75. The van der Waals surface area contributed by atoms with Gasteiger partial charge in [-0.2, -0.15) is 0 Å². The number of sulfonamides is 1. The lowest BCUT2D eigenvalue weighted by Crippen LogP contribution is -2.15. The van der Waals surface area contributed by atoms with E-state index in [1.54, 1.807) is 0 Å². The van der Waals surface area contributed by atoms with Crippen LogP contribution in [0.2, 0.25) is 5.02 Å². The Hall–Kier alpha value is -1.31. The summed E-state index contributed by atoms with van der Waals surface area (Å²) in [7, 11) is -3.79. The first kappa shape index (κ1) is 16.1. The Bertz CT molecular complexity index is 786. The summed E-state index contributed by atoms with van der Waals surface area (Å²) < 4.78 is 28.0. The van der Waals surface area contributed by atoms with Crippen LogP contribution < -0.4 is 10.5 Å². The van der Waals surface area contributed by atoms with E-state index in [4.69, 9.17) is 17.3 Å². The molecule has 2 rings (SSSR count). The van der Waals surface area contributed by atoms with Crippen molar-refractivity contribution in [2.24, 2.45) is 0 Å². The predicted octanol–water partition coefficient (Wildman–Crippen LogP) is 3.50. The summed E-state index contributed by atoms with van der Waals surface area (Å²) in [6, 6.07) is 4.99. The fourth-order valence-corrected chi connectivity index (χ4v) is 4.07. The molecule has 0 fully saturated rings. The third kappa shape index (κ3) is 3.48. The predicted molar refractivity (Wildman–Crippen MR) is 88.1 cm³/mol. The Labute approximate surface area is 136 Å². The fraction of sp³-hybridized carbons (Fsp3) is 0.154. The molecule has 0 spiro atoms. The molecule has 1 heterocycles. The molecule has 5 nitrogen and oxygen atoms in total. The number of hydrogen-bond acceptors (Lipinski definition) is 4. The highest BCUT2D eigenvalue weighted by atomic mass is 79.9. The molecule has 0 aliphatic heterocycles. The molecule has 0 unspecified atom stereocenters. The van der Waals surface area contributed by atoms with Crippen molar-refractivity contribution in [3.8, 4) is 0 Å². The molecule has 8 heteroatoms. The smallest absolute Gasteiger partial charge is 0.263 e. The summed E-state index contributed by atoms with van der Waals surface area (Å²) in [5, 5.41) is 0.0950. The van der Waals surface area contributed by atoms with Crippen LogP contribution in [0.25, 0.3) is 0 Å². The number of rotatable bonds is 3. The molecule has 1 aromatic heterocycles. The van der Waals surface area contributed by atoms with Gasteiger partial charge in [0.05, 0.1) is 10.7 Å².